The van der Waals surface area contributed by atoms with Gasteiger partial charge in [0.25, 0.3) is 0 Å². The Morgan fingerprint density at radius 3 is 2.30 bits per heavy atom. The molecule has 23 heavy (non-hydrogen) atoms. The van der Waals surface area contributed by atoms with Crippen molar-refractivity contribution in [2.24, 2.45) is 0 Å². The second-order valence-electron chi connectivity index (χ2n) is 5.70. The predicted octanol–water partition coefficient (Wildman–Crippen LogP) is 4.18. The van der Waals surface area contributed by atoms with Crippen molar-refractivity contribution in [2.45, 2.75) is 51.4 Å². The van der Waals surface area contributed by atoms with Crippen molar-refractivity contribution < 1.29 is 15.0 Å². The monoisotopic (exact) mass is 318 g/mol. The molecule has 1 radical (unpaired) electrons. The largest absolute Gasteiger partial charge is 0.504 e. The van der Waals surface area contributed by atoms with Crippen molar-refractivity contribution in [1.29, 1.82) is 0 Å². The van der Waals surface area contributed by atoms with Crippen molar-refractivity contribution >= 4 is 12.0 Å². The van der Waals surface area contributed by atoms with Gasteiger partial charge in [-0.2, -0.15) is 0 Å². The van der Waals surface area contributed by atoms with Crippen LogP contribution in [0.4, 0.5) is 0 Å². The van der Waals surface area contributed by atoms with Crippen molar-refractivity contribution in [3.63, 3.8) is 0 Å². The maximum atomic E-state index is 11.7. The Kier molecular flexibility index (Phi) is 9.60. The molecule has 0 unspecified atom stereocenters. The highest BCUT2D eigenvalue weighted by molar-refractivity contribution is 5.91. The van der Waals surface area contributed by atoms with E-state index in [1.54, 1.807) is 12.1 Å². The van der Waals surface area contributed by atoms with Crippen LogP contribution in [-0.4, -0.2) is 22.7 Å². The molecule has 0 heterocycles. The Morgan fingerprint density at radius 1 is 1.00 bits per heavy atom. The number of unbranched alkanes of at least 4 members (excludes halogenated alkanes) is 7. The molecule has 1 aromatic rings. The summed E-state index contributed by atoms with van der Waals surface area (Å²) >= 11 is 0. The Hall–Kier alpha value is -1.97. The third kappa shape index (κ3) is 8.91. The van der Waals surface area contributed by atoms with Crippen LogP contribution in [0.3, 0.4) is 0 Å². The molecule has 1 rings (SSSR count). The first-order valence-electron chi connectivity index (χ1n) is 8.40. The number of hydrogen-bond donors (Lipinski definition) is 3. The summed E-state index contributed by atoms with van der Waals surface area (Å²) in [6.07, 6.45) is 12.5. The zero-order chi connectivity index (χ0) is 16.9. The molecule has 0 saturated heterocycles. The number of carbonyl (C=O) groups is 1. The number of amides is 1. The van der Waals surface area contributed by atoms with E-state index in [1.807, 2.05) is 0 Å². The van der Waals surface area contributed by atoms with Crippen LogP contribution < -0.4 is 5.32 Å². The minimum atomic E-state index is -0.192. The Balaban J connectivity index is 2.10. The number of nitrogens with one attached hydrogen (secondary N) is 1. The lowest BCUT2D eigenvalue weighted by Crippen LogP contribution is -2.21. The van der Waals surface area contributed by atoms with Crippen LogP contribution in [0, 0.1) is 6.92 Å². The average molecular weight is 318 g/mol. The first-order chi connectivity index (χ1) is 11.1. The Labute approximate surface area is 139 Å². The number of phenols is 2. The molecule has 127 valence electrons. The van der Waals surface area contributed by atoms with Gasteiger partial charge >= 0.3 is 0 Å². The standard InChI is InChI=1S/C19H28NO3/c1-2-3-4-5-6-7-8-9-14-20-19(23)13-11-16-10-12-17(21)18(22)15-16/h10-13,15,21-22H,1-9,14H2,(H,20,23)/b13-11+. The fourth-order valence-corrected chi connectivity index (χ4v) is 2.27. The first-order valence-corrected chi connectivity index (χ1v) is 8.40. The molecule has 0 bridgehead atoms. The molecule has 1 aromatic carbocycles. The highest BCUT2D eigenvalue weighted by Gasteiger charge is 1.99. The normalized spacial score (nSPS) is 11.0. The second kappa shape index (κ2) is 11.6. The summed E-state index contributed by atoms with van der Waals surface area (Å²) in [6, 6.07) is 4.44. The van der Waals surface area contributed by atoms with E-state index < -0.39 is 0 Å². The molecule has 0 saturated carbocycles. The number of phenolic OH excluding ortho intramolecular Hbond substituents is 2. The van der Waals surface area contributed by atoms with Crippen LogP contribution in [0.25, 0.3) is 6.08 Å². The van der Waals surface area contributed by atoms with Crippen LogP contribution in [0.2, 0.25) is 0 Å². The van der Waals surface area contributed by atoms with Crippen LogP contribution in [-0.2, 0) is 4.79 Å². The Bertz CT molecular complexity index is 497. The highest BCUT2D eigenvalue weighted by Crippen LogP contribution is 2.25. The summed E-state index contributed by atoms with van der Waals surface area (Å²) in [6.45, 7) is 4.52. The molecule has 4 nitrogen and oxygen atoms in total. The van der Waals surface area contributed by atoms with Gasteiger partial charge in [0, 0.05) is 12.6 Å². The number of benzene rings is 1. The molecule has 0 atom stereocenters. The predicted molar refractivity (Wildman–Crippen MR) is 94.1 cm³/mol. The summed E-state index contributed by atoms with van der Waals surface area (Å²) in [5.74, 6) is -0.506. The number of hydrogen-bond acceptors (Lipinski definition) is 3. The van der Waals surface area contributed by atoms with Crippen molar-refractivity contribution in [3.05, 3.63) is 36.8 Å². The van der Waals surface area contributed by atoms with Gasteiger partial charge in [-0.25, -0.2) is 0 Å². The minimum Gasteiger partial charge on any atom is -0.504 e. The highest BCUT2D eigenvalue weighted by atomic mass is 16.3. The van der Waals surface area contributed by atoms with Crippen LogP contribution >= 0.6 is 0 Å². The summed E-state index contributed by atoms with van der Waals surface area (Å²) in [5.41, 5.74) is 0.665. The van der Waals surface area contributed by atoms with Gasteiger partial charge in [0.1, 0.15) is 0 Å². The van der Waals surface area contributed by atoms with E-state index in [2.05, 4.69) is 12.2 Å². The molecule has 0 spiro atoms. The van der Waals surface area contributed by atoms with Gasteiger partial charge in [-0.3, -0.25) is 4.79 Å². The number of aromatic hydroxyl groups is 2. The van der Waals surface area contributed by atoms with Crippen molar-refractivity contribution in [2.75, 3.05) is 6.54 Å². The second-order valence-corrected chi connectivity index (χ2v) is 5.70. The van der Waals surface area contributed by atoms with Crippen molar-refractivity contribution in [1.82, 2.24) is 5.32 Å². The first kappa shape index (κ1) is 19.1. The van der Waals surface area contributed by atoms with E-state index in [9.17, 15) is 15.0 Å². The summed E-state index contributed by atoms with van der Waals surface area (Å²) in [5, 5.41) is 21.4. The quantitative estimate of drug-likeness (QED) is 0.326. The van der Waals surface area contributed by atoms with E-state index in [1.165, 1.54) is 50.3 Å². The van der Waals surface area contributed by atoms with E-state index in [0.29, 0.717) is 12.1 Å². The fraction of sp³-hybridized carbons (Fsp3) is 0.474. The molecule has 0 fully saturated rings. The maximum Gasteiger partial charge on any atom is 0.243 e. The lowest BCUT2D eigenvalue weighted by atomic mass is 10.1. The summed E-state index contributed by atoms with van der Waals surface area (Å²) in [7, 11) is 0. The zero-order valence-corrected chi connectivity index (χ0v) is 13.8. The lowest BCUT2D eigenvalue weighted by molar-refractivity contribution is -0.116. The number of rotatable bonds is 11. The van der Waals surface area contributed by atoms with E-state index >= 15 is 0 Å². The van der Waals surface area contributed by atoms with E-state index in [-0.39, 0.29) is 17.4 Å². The van der Waals surface area contributed by atoms with Crippen LogP contribution in [0.5, 0.6) is 11.5 Å². The molecule has 3 N–H and O–H groups in total. The SMILES string of the molecule is [CH2]CCCCCCCCCNC(=O)/C=C/c1ccc(O)c(O)c1. The summed E-state index contributed by atoms with van der Waals surface area (Å²) in [4.78, 5) is 11.7. The molecule has 4 heteroatoms. The topological polar surface area (TPSA) is 69.6 Å². The van der Waals surface area contributed by atoms with Gasteiger partial charge in [0.15, 0.2) is 11.5 Å². The van der Waals surface area contributed by atoms with Gasteiger partial charge in [0.2, 0.25) is 5.91 Å². The number of carbonyl (C=O) groups excluding carboxylic acids is 1. The summed E-state index contributed by atoms with van der Waals surface area (Å²) < 4.78 is 0. The lowest BCUT2D eigenvalue weighted by Gasteiger charge is -2.03. The molecule has 0 aliphatic heterocycles. The third-order valence-corrected chi connectivity index (χ3v) is 3.65. The van der Waals surface area contributed by atoms with Gasteiger partial charge in [0.05, 0.1) is 0 Å². The van der Waals surface area contributed by atoms with Gasteiger partial charge in [-0.1, -0.05) is 57.9 Å². The van der Waals surface area contributed by atoms with Gasteiger partial charge in [-0.05, 0) is 30.2 Å². The van der Waals surface area contributed by atoms with Crippen molar-refractivity contribution in [3.8, 4) is 11.5 Å². The smallest absolute Gasteiger partial charge is 0.243 e. The van der Waals surface area contributed by atoms with Crippen LogP contribution in [0.1, 0.15) is 56.9 Å². The van der Waals surface area contributed by atoms with E-state index in [0.717, 1.165) is 19.3 Å². The van der Waals surface area contributed by atoms with Gasteiger partial charge in [-0.15, -0.1) is 0 Å². The molecular weight excluding hydrogens is 290 g/mol. The van der Waals surface area contributed by atoms with Gasteiger partial charge < -0.3 is 15.5 Å². The Morgan fingerprint density at radius 2 is 1.65 bits per heavy atom. The zero-order valence-electron chi connectivity index (χ0n) is 13.8. The molecule has 1 amide bonds. The average Bonchev–Trinajstić information content (AvgIpc) is 2.54. The minimum absolute atomic E-state index is 0.145. The van der Waals surface area contributed by atoms with Crippen LogP contribution in [0.15, 0.2) is 24.3 Å². The van der Waals surface area contributed by atoms with E-state index in [4.69, 9.17) is 0 Å². The maximum absolute atomic E-state index is 11.7. The fourth-order valence-electron chi connectivity index (χ4n) is 2.27. The molecular formula is C19H28NO3. The third-order valence-electron chi connectivity index (χ3n) is 3.65. The molecule has 0 aliphatic carbocycles. The molecule has 0 aromatic heterocycles. The molecule has 0 aliphatic rings.